The summed E-state index contributed by atoms with van der Waals surface area (Å²) in [6, 6.07) is 1.50. The van der Waals surface area contributed by atoms with E-state index in [0.29, 0.717) is 0 Å². The summed E-state index contributed by atoms with van der Waals surface area (Å²) in [5.74, 6) is 0. The molecule has 0 radical (unpaired) electrons. The summed E-state index contributed by atoms with van der Waals surface area (Å²) >= 11 is 2.05. The fourth-order valence-electron chi connectivity index (χ4n) is 2.90. The van der Waals surface area contributed by atoms with Crippen molar-refractivity contribution in [3.8, 4) is 0 Å². The molecule has 1 aliphatic rings. The summed E-state index contributed by atoms with van der Waals surface area (Å²) in [5, 5.41) is 4.72. The van der Waals surface area contributed by atoms with Crippen LogP contribution < -0.4 is 5.32 Å². The highest BCUT2D eigenvalue weighted by Crippen LogP contribution is 2.28. The number of nitrogens with one attached hydrogen (secondary N) is 1. The van der Waals surface area contributed by atoms with Crippen LogP contribution in [0.25, 0.3) is 0 Å². The number of hydrogen-bond donors (Lipinski definition) is 1. The first-order valence-corrected chi connectivity index (χ1v) is 8.85. The smallest absolute Gasteiger partial charge is 0.0198 e. The molecule has 0 spiro atoms. The molecule has 102 valence electrons. The Labute approximate surface area is 113 Å². The number of hydrogen-bond acceptors (Lipinski definition) is 2. The average molecular weight is 257 g/mol. The fraction of sp³-hybridized carbons (Fsp3) is 1.00. The molecule has 0 bridgehead atoms. The summed E-state index contributed by atoms with van der Waals surface area (Å²) in [5.41, 5.74) is 0. The minimum absolute atomic E-state index is 0.717. The van der Waals surface area contributed by atoms with E-state index in [1.807, 2.05) is 0 Å². The second kappa shape index (κ2) is 9.27. The van der Waals surface area contributed by atoms with E-state index in [4.69, 9.17) is 0 Å². The Morgan fingerprint density at radius 2 is 1.94 bits per heavy atom. The predicted octanol–water partition coefficient (Wildman–Crippen LogP) is 4.61. The van der Waals surface area contributed by atoms with Crippen LogP contribution >= 0.6 is 11.8 Å². The molecular formula is C15H31NS. The van der Waals surface area contributed by atoms with Gasteiger partial charge >= 0.3 is 0 Å². The van der Waals surface area contributed by atoms with Crippen LogP contribution in [-0.2, 0) is 0 Å². The Morgan fingerprint density at radius 3 is 2.65 bits per heavy atom. The Hall–Kier alpha value is 0.310. The van der Waals surface area contributed by atoms with Crippen molar-refractivity contribution >= 4 is 11.8 Å². The van der Waals surface area contributed by atoms with Gasteiger partial charge in [-0.05, 0) is 32.4 Å². The molecule has 1 saturated carbocycles. The zero-order valence-corrected chi connectivity index (χ0v) is 12.8. The van der Waals surface area contributed by atoms with Crippen LogP contribution in [0.5, 0.6) is 0 Å². The van der Waals surface area contributed by atoms with Gasteiger partial charge in [-0.15, -0.1) is 0 Å². The van der Waals surface area contributed by atoms with Gasteiger partial charge in [0.15, 0.2) is 0 Å². The molecule has 1 aliphatic carbocycles. The van der Waals surface area contributed by atoms with Gasteiger partial charge in [0.25, 0.3) is 0 Å². The Bertz CT molecular complexity index is 184. The van der Waals surface area contributed by atoms with Crippen molar-refractivity contribution in [2.45, 2.75) is 89.0 Å². The Balaban J connectivity index is 2.05. The molecule has 1 N–H and O–H groups in total. The van der Waals surface area contributed by atoms with Crippen LogP contribution in [0.4, 0.5) is 0 Å². The van der Waals surface area contributed by atoms with Crippen molar-refractivity contribution in [3.63, 3.8) is 0 Å². The van der Waals surface area contributed by atoms with Crippen molar-refractivity contribution in [1.82, 2.24) is 5.32 Å². The van der Waals surface area contributed by atoms with Crippen LogP contribution in [-0.4, -0.2) is 23.6 Å². The molecule has 3 atom stereocenters. The largest absolute Gasteiger partial charge is 0.310 e. The predicted molar refractivity (Wildman–Crippen MR) is 80.9 cm³/mol. The van der Waals surface area contributed by atoms with Crippen LogP contribution in [0.15, 0.2) is 0 Å². The maximum Gasteiger partial charge on any atom is 0.0198 e. The van der Waals surface area contributed by atoms with E-state index in [1.165, 1.54) is 57.8 Å². The van der Waals surface area contributed by atoms with Crippen LogP contribution in [0.3, 0.4) is 0 Å². The third-order valence-corrected chi connectivity index (χ3v) is 5.16. The van der Waals surface area contributed by atoms with Gasteiger partial charge in [0, 0.05) is 17.3 Å². The standard InChI is InChI=1S/C15H31NS/c1-4-5-6-7-8-10-13(2)16-14-11-9-12-15(14)17-3/h13-16H,4-12H2,1-3H3. The number of thioether (sulfide) groups is 1. The first-order chi connectivity index (χ1) is 8.27. The maximum absolute atomic E-state index is 3.85. The van der Waals surface area contributed by atoms with Gasteiger partial charge in [0.05, 0.1) is 0 Å². The fourth-order valence-corrected chi connectivity index (χ4v) is 3.85. The molecule has 0 aromatic carbocycles. The Morgan fingerprint density at radius 1 is 1.18 bits per heavy atom. The van der Waals surface area contributed by atoms with Gasteiger partial charge in [-0.3, -0.25) is 0 Å². The molecule has 3 unspecified atom stereocenters. The van der Waals surface area contributed by atoms with E-state index in [0.717, 1.165) is 17.3 Å². The van der Waals surface area contributed by atoms with Crippen molar-refractivity contribution in [2.24, 2.45) is 0 Å². The molecule has 1 nitrogen and oxygen atoms in total. The van der Waals surface area contributed by atoms with Crippen molar-refractivity contribution < 1.29 is 0 Å². The monoisotopic (exact) mass is 257 g/mol. The quantitative estimate of drug-likeness (QED) is 0.605. The summed E-state index contributed by atoms with van der Waals surface area (Å²) < 4.78 is 0. The molecule has 0 saturated heterocycles. The zero-order valence-electron chi connectivity index (χ0n) is 12.0. The molecule has 0 amide bonds. The molecule has 0 aromatic heterocycles. The molecule has 17 heavy (non-hydrogen) atoms. The topological polar surface area (TPSA) is 12.0 Å². The van der Waals surface area contributed by atoms with E-state index in [2.05, 4.69) is 37.2 Å². The number of rotatable bonds is 9. The normalized spacial score (nSPS) is 26.3. The minimum Gasteiger partial charge on any atom is -0.310 e. The first kappa shape index (κ1) is 15.4. The van der Waals surface area contributed by atoms with Gasteiger partial charge in [0.2, 0.25) is 0 Å². The highest BCUT2D eigenvalue weighted by Gasteiger charge is 2.26. The first-order valence-electron chi connectivity index (χ1n) is 7.56. The third-order valence-electron chi connectivity index (χ3n) is 3.99. The van der Waals surface area contributed by atoms with E-state index in [1.54, 1.807) is 0 Å². The molecule has 0 aromatic rings. The lowest BCUT2D eigenvalue weighted by atomic mass is 10.1. The van der Waals surface area contributed by atoms with Gasteiger partial charge in [-0.25, -0.2) is 0 Å². The minimum atomic E-state index is 0.717. The molecule has 0 heterocycles. The van der Waals surface area contributed by atoms with Crippen molar-refractivity contribution in [2.75, 3.05) is 6.26 Å². The molecule has 1 fully saturated rings. The molecular weight excluding hydrogens is 226 g/mol. The van der Waals surface area contributed by atoms with E-state index >= 15 is 0 Å². The molecule has 1 rings (SSSR count). The highest BCUT2D eigenvalue weighted by atomic mass is 32.2. The lowest BCUT2D eigenvalue weighted by molar-refractivity contribution is 0.421. The van der Waals surface area contributed by atoms with E-state index in [9.17, 15) is 0 Å². The third kappa shape index (κ3) is 6.15. The van der Waals surface area contributed by atoms with Gasteiger partial charge < -0.3 is 5.32 Å². The van der Waals surface area contributed by atoms with Gasteiger partial charge in [0.1, 0.15) is 0 Å². The van der Waals surface area contributed by atoms with Crippen molar-refractivity contribution in [1.29, 1.82) is 0 Å². The Kier molecular flexibility index (Phi) is 8.38. The summed E-state index contributed by atoms with van der Waals surface area (Å²) in [7, 11) is 0. The van der Waals surface area contributed by atoms with Gasteiger partial charge in [-0.2, -0.15) is 11.8 Å². The maximum atomic E-state index is 3.85. The second-order valence-corrected chi connectivity index (χ2v) is 6.66. The summed E-state index contributed by atoms with van der Waals surface area (Å²) in [4.78, 5) is 0. The average Bonchev–Trinajstić information content (AvgIpc) is 2.76. The second-order valence-electron chi connectivity index (χ2n) is 5.58. The lowest BCUT2D eigenvalue weighted by Crippen LogP contribution is -2.40. The lowest BCUT2D eigenvalue weighted by Gasteiger charge is -2.24. The zero-order chi connectivity index (χ0) is 12.5. The van der Waals surface area contributed by atoms with Crippen LogP contribution in [0, 0.1) is 0 Å². The van der Waals surface area contributed by atoms with Crippen LogP contribution in [0.1, 0.15) is 71.6 Å². The van der Waals surface area contributed by atoms with Crippen LogP contribution in [0.2, 0.25) is 0 Å². The van der Waals surface area contributed by atoms with E-state index in [-0.39, 0.29) is 0 Å². The van der Waals surface area contributed by atoms with E-state index < -0.39 is 0 Å². The highest BCUT2D eigenvalue weighted by molar-refractivity contribution is 7.99. The van der Waals surface area contributed by atoms with Gasteiger partial charge in [-0.1, -0.05) is 45.4 Å². The number of unbranched alkanes of at least 4 members (excludes halogenated alkanes) is 4. The molecule has 2 heteroatoms. The van der Waals surface area contributed by atoms with Crippen molar-refractivity contribution in [3.05, 3.63) is 0 Å². The SMILES string of the molecule is CCCCCCCC(C)NC1CCCC1SC. The summed E-state index contributed by atoms with van der Waals surface area (Å²) in [6.07, 6.45) is 14.9. The molecule has 0 aliphatic heterocycles. The summed E-state index contributed by atoms with van der Waals surface area (Å²) in [6.45, 7) is 4.66.